The van der Waals surface area contributed by atoms with E-state index in [9.17, 15) is 18.5 Å². The summed E-state index contributed by atoms with van der Waals surface area (Å²) in [4.78, 5) is 17.2. The van der Waals surface area contributed by atoms with Gasteiger partial charge in [0.25, 0.3) is 0 Å². The molecule has 0 saturated carbocycles. The van der Waals surface area contributed by atoms with Gasteiger partial charge >= 0.3 is 5.82 Å². The van der Waals surface area contributed by atoms with E-state index in [2.05, 4.69) is 4.98 Å². The summed E-state index contributed by atoms with van der Waals surface area (Å²) in [6.45, 7) is 0.774. The second kappa shape index (κ2) is 7.45. The highest BCUT2D eigenvalue weighted by Gasteiger charge is 2.34. The molecule has 2 aromatic heterocycles. The van der Waals surface area contributed by atoms with Gasteiger partial charge in [-0.3, -0.25) is 0 Å². The predicted octanol–water partition coefficient (Wildman–Crippen LogP) is 3.06. The van der Waals surface area contributed by atoms with Crippen LogP contribution in [-0.2, 0) is 10.0 Å². The quantitative estimate of drug-likeness (QED) is 0.442. The van der Waals surface area contributed by atoms with Crippen molar-refractivity contribution in [3.63, 3.8) is 0 Å². The van der Waals surface area contributed by atoms with Crippen molar-refractivity contribution in [1.29, 1.82) is 0 Å². The van der Waals surface area contributed by atoms with Crippen molar-refractivity contribution in [3.05, 3.63) is 62.8 Å². The van der Waals surface area contributed by atoms with Crippen molar-refractivity contribution >= 4 is 50.5 Å². The summed E-state index contributed by atoms with van der Waals surface area (Å²) < 4.78 is 28.6. The van der Waals surface area contributed by atoms with E-state index in [-0.39, 0.29) is 52.8 Å². The molecule has 0 N–H and O–H groups in total. The molecule has 0 bridgehead atoms. The van der Waals surface area contributed by atoms with Gasteiger partial charge in [0.2, 0.25) is 21.5 Å². The van der Waals surface area contributed by atoms with Gasteiger partial charge < -0.3 is 15.0 Å². The molecule has 1 saturated heterocycles. The molecule has 4 rings (SSSR count). The Balaban J connectivity index is 1.61. The van der Waals surface area contributed by atoms with E-state index in [1.807, 2.05) is 0 Å². The van der Waals surface area contributed by atoms with Crippen LogP contribution in [0.1, 0.15) is 0 Å². The topological polar surface area (TPSA) is 101 Å². The summed E-state index contributed by atoms with van der Waals surface area (Å²) in [5, 5.41) is 11.7. The number of nitro groups is 1. The largest absolute Gasteiger partial charge is 0.372 e. The molecule has 3 heterocycles. The van der Waals surface area contributed by atoms with Crippen LogP contribution in [0.5, 0.6) is 0 Å². The number of nitrogens with zero attached hydrogens (tertiary/aromatic N) is 5. The van der Waals surface area contributed by atoms with Gasteiger partial charge in [-0.05, 0) is 23.1 Å². The molecular weight excluding hydrogens is 441 g/mol. The highest BCUT2D eigenvalue weighted by Crippen LogP contribution is 2.33. The van der Waals surface area contributed by atoms with Gasteiger partial charge in [-0.1, -0.05) is 35.3 Å². The summed E-state index contributed by atoms with van der Waals surface area (Å²) in [5.41, 5.74) is 0.454. The third-order valence-electron chi connectivity index (χ3n) is 4.73. The van der Waals surface area contributed by atoms with Gasteiger partial charge in [-0.2, -0.15) is 13.7 Å². The van der Waals surface area contributed by atoms with Crippen LogP contribution in [0.15, 0.2) is 47.5 Å². The van der Waals surface area contributed by atoms with E-state index in [1.54, 1.807) is 29.3 Å². The molecule has 9 nitrogen and oxygen atoms in total. The molecule has 1 aromatic carbocycles. The van der Waals surface area contributed by atoms with Crippen molar-refractivity contribution in [2.75, 3.05) is 31.1 Å². The maximum Gasteiger partial charge on any atom is 0.372 e. The van der Waals surface area contributed by atoms with Crippen LogP contribution in [0.2, 0.25) is 10.0 Å². The van der Waals surface area contributed by atoms with Crippen LogP contribution in [-0.4, -0.2) is 53.2 Å². The summed E-state index contributed by atoms with van der Waals surface area (Å²) in [6, 6.07) is 9.56. The summed E-state index contributed by atoms with van der Waals surface area (Å²) in [5.74, 6) is 0.0776. The number of sulfonamides is 1. The molecule has 12 heteroatoms. The van der Waals surface area contributed by atoms with Crippen LogP contribution >= 0.6 is 23.2 Å². The lowest BCUT2D eigenvalue weighted by Gasteiger charge is -2.33. The number of hydrogen-bond acceptors (Lipinski definition) is 6. The molecule has 0 spiro atoms. The predicted molar refractivity (Wildman–Crippen MR) is 109 cm³/mol. The second-order valence-electron chi connectivity index (χ2n) is 6.39. The van der Waals surface area contributed by atoms with Gasteiger partial charge in [-0.15, -0.1) is 0 Å². The minimum atomic E-state index is -3.84. The molecule has 29 heavy (non-hydrogen) atoms. The van der Waals surface area contributed by atoms with Crippen LogP contribution in [0.25, 0.3) is 5.65 Å². The third kappa shape index (κ3) is 3.42. The zero-order valence-corrected chi connectivity index (χ0v) is 17.2. The molecule has 0 unspecified atom stereocenters. The first kappa shape index (κ1) is 19.9. The maximum absolute atomic E-state index is 13.0. The highest BCUT2D eigenvalue weighted by molar-refractivity contribution is 7.89. The van der Waals surface area contributed by atoms with Crippen molar-refractivity contribution in [2.24, 2.45) is 0 Å². The zero-order chi connectivity index (χ0) is 20.8. The van der Waals surface area contributed by atoms with E-state index >= 15 is 0 Å². The van der Waals surface area contributed by atoms with Crippen molar-refractivity contribution in [3.8, 4) is 0 Å². The lowest BCUT2D eigenvalue weighted by molar-refractivity contribution is -0.389. The Hall–Kier alpha value is -2.40. The molecule has 1 fully saturated rings. The van der Waals surface area contributed by atoms with Crippen molar-refractivity contribution < 1.29 is 13.3 Å². The molecular formula is C17H15Cl2N5O4S. The summed E-state index contributed by atoms with van der Waals surface area (Å²) >= 11 is 12.0. The Labute approximate surface area is 176 Å². The van der Waals surface area contributed by atoms with Crippen molar-refractivity contribution in [1.82, 2.24) is 13.7 Å². The standard InChI is InChI=1S/C17H15Cl2N5O4S/c18-12-4-3-5-13(15(12)19)29(27,28)22-10-8-21(9-11-22)16-17(24(25)26)23-7-2-1-6-14(23)20-16/h1-7H,8-11H2. The lowest BCUT2D eigenvalue weighted by atomic mass is 10.3. The smallest absolute Gasteiger partial charge is 0.358 e. The fraction of sp³-hybridized carbons (Fsp3) is 0.235. The minimum Gasteiger partial charge on any atom is -0.358 e. The van der Waals surface area contributed by atoms with Crippen LogP contribution in [0.4, 0.5) is 11.6 Å². The first-order chi connectivity index (χ1) is 13.8. The Morgan fingerprint density at radius 1 is 1.03 bits per heavy atom. The number of hydrogen-bond donors (Lipinski definition) is 0. The molecule has 152 valence electrons. The van der Waals surface area contributed by atoms with Gasteiger partial charge in [0.1, 0.15) is 4.90 Å². The number of pyridine rings is 1. The number of rotatable bonds is 4. The Morgan fingerprint density at radius 2 is 1.76 bits per heavy atom. The molecule has 3 aromatic rings. The van der Waals surface area contributed by atoms with Crippen molar-refractivity contribution in [2.45, 2.75) is 4.90 Å². The molecule has 0 amide bonds. The van der Waals surface area contributed by atoms with Crippen LogP contribution in [0, 0.1) is 10.1 Å². The number of halogens is 2. The average molecular weight is 456 g/mol. The average Bonchev–Trinajstić information content (AvgIpc) is 3.10. The number of piperazine rings is 1. The van der Waals surface area contributed by atoms with Gasteiger partial charge in [-0.25, -0.2) is 8.42 Å². The fourth-order valence-corrected chi connectivity index (χ4v) is 5.47. The number of imidazole rings is 1. The molecule has 1 aliphatic heterocycles. The molecule has 0 aliphatic carbocycles. The maximum atomic E-state index is 13.0. The number of fused-ring (bicyclic) bond motifs is 1. The fourth-order valence-electron chi connectivity index (χ4n) is 3.31. The first-order valence-corrected chi connectivity index (χ1v) is 10.8. The zero-order valence-electron chi connectivity index (χ0n) is 14.9. The number of anilines is 1. The van der Waals surface area contributed by atoms with E-state index in [1.165, 1.54) is 26.9 Å². The Morgan fingerprint density at radius 3 is 2.45 bits per heavy atom. The van der Waals surface area contributed by atoms with Crippen LogP contribution in [0.3, 0.4) is 0 Å². The van der Waals surface area contributed by atoms with E-state index in [4.69, 9.17) is 23.2 Å². The summed E-state index contributed by atoms with van der Waals surface area (Å²) in [7, 11) is -3.84. The number of aromatic nitrogens is 2. The SMILES string of the molecule is O=[N+]([O-])c1c(N2CCN(S(=O)(=O)c3cccc(Cl)c3Cl)CC2)nc2ccccn12. The summed E-state index contributed by atoms with van der Waals surface area (Å²) in [6.07, 6.45) is 1.58. The van der Waals surface area contributed by atoms with Gasteiger partial charge in [0, 0.05) is 32.2 Å². The Bertz CT molecular complexity index is 1210. The van der Waals surface area contributed by atoms with Gasteiger partial charge in [0.05, 0.1) is 16.2 Å². The van der Waals surface area contributed by atoms with E-state index < -0.39 is 14.9 Å². The molecule has 0 radical (unpaired) electrons. The first-order valence-electron chi connectivity index (χ1n) is 8.61. The van der Waals surface area contributed by atoms with Crippen LogP contribution < -0.4 is 4.90 Å². The Kier molecular flexibility index (Phi) is 5.11. The number of benzene rings is 1. The normalized spacial score (nSPS) is 15.7. The third-order valence-corrected chi connectivity index (χ3v) is 7.60. The minimum absolute atomic E-state index is 0.0208. The lowest BCUT2D eigenvalue weighted by Crippen LogP contribution is -2.49. The monoisotopic (exact) mass is 455 g/mol. The molecule has 0 atom stereocenters. The van der Waals surface area contributed by atoms with E-state index in [0.29, 0.717) is 5.65 Å². The van der Waals surface area contributed by atoms with Gasteiger partial charge in [0.15, 0.2) is 0 Å². The highest BCUT2D eigenvalue weighted by atomic mass is 35.5. The van der Waals surface area contributed by atoms with E-state index in [0.717, 1.165) is 0 Å². The molecule has 1 aliphatic rings. The second-order valence-corrected chi connectivity index (χ2v) is 9.08.